The lowest BCUT2D eigenvalue weighted by atomic mass is 10.1. The largest absolute Gasteiger partial charge is 0.573 e. The molecular formula is C30H28F3N5O4. The van der Waals surface area contributed by atoms with Crippen LogP contribution < -0.4 is 10.1 Å². The second-order valence-electron chi connectivity index (χ2n) is 9.76. The maximum atomic E-state index is 13.1. The molecule has 9 nitrogen and oxygen atoms in total. The van der Waals surface area contributed by atoms with Gasteiger partial charge in [-0.25, -0.2) is 0 Å². The van der Waals surface area contributed by atoms with Gasteiger partial charge in [-0.15, -0.1) is 18.3 Å². The summed E-state index contributed by atoms with van der Waals surface area (Å²) in [5.74, 6) is -0.947. The van der Waals surface area contributed by atoms with Crippen LogP contribution in [0.4, 0.5) is 19.1 Å². The lowest BCUT2D eigenvalue weighted by Crippen LogP contribution is -2.35. The summed E-state index contributed by atoms with van der Waals surface area (Å²) in [5, 5.41) is 7.12. The molecule has 0 unspecified atom stereocenters. The van der Waals surface area contributed by atoms with E-state index in [1.807, 2.05) is 12.1 Å². The molecular weight excluding hydrogens is 551 g/mol. The number of carbonyl (C=O) groups excluding carboxylic acids is 2. The van der Waals surface area contributed by atoms with Crippen LogP contribution in [0.3, 0.4) is 0 Å². The van der Waals surface area contributed by atoms with Gasteiger partial charge in [-0.3, -0.25) is 19.8 Å². The molecule has 5 rings (SSSR count). The number of ether oxygens (including phenoxy) is 2. The van der Waals surface area contributed by atoms with Gasteiger partial charge in [-0.2, -0.15) is 9.67 Å². The Labute approximate surface area is 239 Å². The van der Waals surface area contributed by atoms with Crippen molar-refractivity contribution < 1.29 is 32.2 Å². The molecule has 1 N–H and O–H groups in total. The molecule has 0 spiro atoms. The van der Waals surface area contributed by atoms with E-state index < -0.39 is 18.0 Å². The van der Waals surface area contributed by atoms with E-state index in [-0.39, 0.29) is 24.0 Å². The minimum atomic E-state index is -4.84. The highest BCUT2D eigenvalue weighted by atomic mass is 19.4. The third-order valence-electron chi connectivity index (χ3n) is 6.69. The van der Waals surface area contributed by atoms with Gasteiger partial charge in [0.1, 0.15) is 5.75 Å². The number of benzene rings is 3. The van der Waals surface area contributed by atoms with Crippen molar-refractivity contribution in [3.05, 3.63) is 101 Å². The quantitative estimate of drug-likeness (QED) is 0.279. The van der Waals surface area contributed by atoms with Crippen molar-refractivity contribution in [2.75, 3.05) is 31.6 Å². The van der Waals surface area contributed by atoms with Crippen molar-refractivity contribution in [2.24, 2.45) is 0 Å². The highest BCUT2D eigenvalue weighted by Gasteiger charge is 2.31. The maximum Gasteiger partial charge on any atom is 0.573 e. The predicted molar refractivity (Wildman–Crippen MR) is 148 cm³/mol. The SMILES string of the molecule is Cc1ccccc1C(=O)Nc1nc(CC(=O)c2ccc(CN3CCOCC3)cc2)nn1-c1ccc(OC(F)(F)F)cc1. The van der Waals surface area contributed by atoms with Crippen LogP contribution >= 0.6 is 0 Å². The Morgan fingerprint density at radius 2 is 1.67 bits per heavy atom. The summed E-state index contributed by atoms with van der Waals surface area (Å²) in [6.45, 7) is 5.67. The number of nitrogens with zero attached hydrogens (tertiary/aromatic N) is 4. The third kappa shape index (κ3) is 7.39. The van der Waals surface area contributed by atoms with Crippen molar-refractivity contribution >= 4 is 17.6 Å². The van der Waals surface area contributed by atoms with E-state index in [2.05, 4.69) is 25.0 Å². The fraction of sp³-hybridized carbons (Fsp3) is 0.267. The Bertz CT molecular complexity index is 1550. The van der Waals surface area contributed by atoms with Gasteiger partial charge in [0, 0.05) is 30.8 Å². The van der Waals surface area contributed by atoms with Crippen LogP contribution in [0, 0.1) is 6.92 Å². The molecule has 0 saturated carbocycles. The van der Waals surface area contributed by atoms with Crippen molar-refractivity contribution in [2.45, 2.75) is 26.3 Å². The predicted octanol–water partition coefficient (Wildman–Crippen LogP) is 4.98. The van der Waals surface area contributed by atoms with E-state index in [1.54, 1.807) is 43.3 Å². The van der Waals surface area contributed by atoms with E-state index in [9.17, 15) is 22.8 Å². The number of morpholine rings is 1. The molecule has 0 radical (unpaired) electrons. The maximum absolute atomic E-state index is 13.1. The van der Waals surface area contributed by atoms with E-state index >= 15 is 0 Å². The molecule has 1 aromatic heterocycles. The van der Waals surface area contributed by atoms with Crippen LogP contribution in [0.2, 0.25) is 0 Å². The van der Waals surface area contributed by atoms with Crippen molar-refractivity contribution in [1.29, 1.82) is 0 Å². The Kier molecular flexibility index (Phi) is 8.64. The number of rotatable bonds is 9. The molecule has 1 aliphatic rings. The first-order valence-corrected chi connectivity index (χ1v) is 13.3. The summed E-state index contributed by atoms with van der Waals surface area (Å²) in [6, 6.07) is 19.2. The first kappa shape index (κ1) is 29.0. The second-order valence-corrected chi connectivity index (χ2v) is 9.76. The Hall–Kier alpha value is -4.55. The summed E-state index contributed by atoms with van der Waals surface area (Å²) >= 11 is 0. The van der Waals surface area contributed by atoms with Gasteiger partial charge in [0.25, 0.3) is 5.91 Å². The van der Waals surface area contributed by atoms with Gasteiger partial charge in [0.2, 0.25) is 5.95 Å². The van der Waals surface area contributed by atoms with Gasteiger partial charge in [-0.1, -0.05) is 42.5 Å². The fourth-order valence-electron chi connectivity index (χ4n) is 4.54. The average Bonchev–Trinajstić information content (AvgIpc) is 3.35. The number of hydrogen-bond acceptors (Lipinski definition) is 7. The van der Waals surface area contributed by atoms with Gasteiger partial charge in [0.15, 0.2) is 11.6 Å². The number of alkyl halides is 3. The smallest absolute Gasteiger partial charge is 0.406 e. The number of aryl methyl sites for hydroxylation is 1. The number of amides is 1. The molecule has 218 valence electrons. The minimum absolute atomic E-state index is 0.0106. The number of carbonyl (C=O) groups is 2. The molecule has 1 amide bonds. The summed E-state index contributed by atoms with van der Waals surface area (Å²) in [4.78, 5) is 32.8. The summed E-state index contributed by atoms with van der Waals surface area (Å²) in [5.41, 5.74) is 3.02. The van der Waals surface area contributed by atoms with Crippen LogP contribution in [-0.2, 0) is 17.7 Å². The number of aromatic nitrogens is 3. The topological polar surface area (TPSA) is 98.6 Å². The first-order valence-electron chi connectivity index (χ1n) is 13.3. The number of nitrogens with one attached hydrogen (secondary N) is 1. The van der Waals surface area contributed by atoms with Crippen molar-refractivity contribution in [1.82, 2.24) is 19.7 Å². The number of Topliss-reactive ketones (excluding diaryl/α,β-unsaturated/α-hetero) is 1. The molecule has 1 fully saturated rings. The molecule has 0 atom stereocenters. The summed E-state index contributed by atoms with van der Waals surface area (Å²) in [7, 11) is 0. The lowest BCUT2D eigenvalue weighted by molar-refractivity contribution is -0.274. The Balaban J connectivity index is 1.36. The Morgan fingerprint density at radius 1 is 0.976 bits per heavy atom. The van der Waals surface area contributed by atoms with E-state index in [1.165, 1.54) is 16.8 Å². The Morgan fingerprint density at radius 3 is 2.33 bits per heavy atom. The van der Waals surface area contributed by atoms with Crippen molar-refractivity contribution in [3.63, 3.8) is 0 Å². The standard InChI is InChI=1S/C30H28F3N5O4/c1-20-4-2-3-5-25(20)28(40)35-29-34-27(36-38(29)23-10-12-24(13-11-23)42-30(31,32)33)18-26(39)22-8-6-21(7-9-22)19-37-14-16-41-17-15-37/h2-13H,14-19H2,1H3,(H,34,35,36,40). The van der Waals surface area contributed by atoms with E-state index in [4.69, 9.17) is 4.74 Å². The zero-order chi connectivity index (χ0) is 29.7. The monoisotopic (exact) mass is 579 g/mol. The summed E-state index contributed by atoms with van der Waals surface area (Å²) < 4.78 is 48.5. The minimum Gasteiger partial charge on any atom is -0.406 e. The average molecular weight is 580 g/mol. The molecule has 2 heterocycles. The van der Waals surface area contributed by atoms with Crippen LogP contribution in [0.5, 0.6) is 5.75 Å². The zero-order valence-corrected chi connectivity index (χ0v) is 22.7. The number of anilines is 1. The van der Waals surface area contributed by atoms with Crippen LogP contribution in [0.25, 0.3) is 5.69 Å². The zero-order valence-electron chi connectivity index (χ0n) is 22.7. The molecule has 0 bridgehead atoms. The number of halogens is 3. The van der Waals surface area contributed by atoms with Crippen LogP contribution in [-0.4, -0.2) is 64.0 Å². The number of hydrogen-bond donors (Lipinski definition) is 1. The molecule has 42 heavy (non-hydrogen) atoms. The van der Waals surface area contributed by atoms with E-state index in [0.717, 1.165) is 42.9 Å². The van der Waals surface area contributed by atoms with Crippen LogP contribution in [0.15, 0.2) is 72.8 Å². The molecule has 3 aromatic carbocycles. The van der Waals surface area contributed by atoms with Gasteiger partial charge >= 0.3 is 6.36 Å². The van der Waals surface area contributed by atoms with E-state index in [0.29, 0.717) is 30.0 Å². The molecule has 4 aromatic rings. The molecule has 12 heteroatoms. The molecule has 0 aliphatic carbocycles. The normalized spacial score (nSPS) is 14.0. The van der Waals surface area contributed by atoms with Gasteiger partial charge < -0.3 is 9.47 Å². The number of ketones is 1. The molecule has 1 aliphatic heterocycles. The second kappa shape index (κ2) is 12.5. The summed E-state index contributed by atoms with van der Waals surface area (Å²) in [6.07, 6.45) is -4.99. The first-order chi connectivity index (χ1) is 20.1. The highest BCUT2D eigenvalue weighted by Crippen LogP contribution is 2.25. The molecule has 1 saturated heterocycles. The fourth-order valence-corrected chi connectivity index (χ4v) is 4.54. The highest BCUT2D eigenvalue weighted by molar-refractivity contribution is 6.04. The third-order valence-corrected chi connectivity index (χ3v) is 6.69. The van der Waals surface area contributed by atoms with Crippen molar-refractivity contribution in [3.8, 4) is 11.4 Å². The lowest BCUT2D eigenvalue weighted by Gasteiger charge is -2.26. The van der Waals surface area contributed by atoms with Gasteiger partial charge in [0.05, 0.1) is 25.3 Å². The van der Waals surface area contributed by atoms with Gasteiger partial charge in [-0.05, 0) is 48.4 Å². The van der Waals surface area contributed by atoms with Crippen LogP contribution in [0.1, 0.15) is 37.7 Å².